The Morgan fingerprint density at radius 2 is 1.74 bits per heavy atom. The maximum absolute atomic E-state index is 12.9. The Balaban J connectivity index is 1.52. The van der Waals surface area contributed by atoms with Crippen LogP contribution < -0.4 is 10.9 Å². The van der Waals surface area contributed by atoms with Gasteiger partial charge in [-0.25, -0.2) is 13.2 Å². The summed E-state index contributed by atoms with van der Waals surface area (Å²) in [7, 11) is -2.50. The molecule has 0 bridgehead atoms. The number of nitrogens with one attached hydrogen (secondary N) is 1. The van der Waals surface area contributed by atoms with Crippen LogP contribution in [-0.2, 0) is 14.8 Å². The van der Waals surface area contributed by atoms with Crippen LogP contribution in [0.5, 0.6) is 0 Å². The van der Waals surface area contributed by atoms with Gasteiger partial charge in [0.2, 0.25) is 15.9 Å². The van der Waals surface area contributed by atoms with Crippen LogP contribution in [0.2, 0.25) is 0 Å². The second-order valence-corrected chi connectivity index (χ2v) is 9.32. The monoisotopic (exact) mass is 436 g/mol. The van der Waals surface area contributed by atoms with E-state index in [0.29, 0.717) is 11.3 Å². The first-order chi connectivity index (χ1) is 14.7. The van der Waals surface area contributed by atoms with Crippen molar-refractivity contribution in [1.29, 1.82) is 0 Å². The number of rotatable bonds is 5. The molecule has 0 aliphatic carbocycles. The third kappa shape index (κ3) is 4.21. The van der Waals surface area contributed by atoms with E-state index < -0.39 is 21.6 Å². The Morgan fingerprint density at radius 3 is 2.52 bits per heavy atom. The highest BCUT2D eigenvalue weighted by molar-refractivity contribution is 7.89. The SMILES string of the molecule is Cc1cc(=O)oc2cc(NC(=O)CN(C)S(=O)(=O)c3ccc4ccccc4c3)ccc12. The van der Waals surface area contributed by atoms with Crippen molar-refractivity contribution in [2.45, 2.75) is 11.8 Å². The summed E-state index contributed by atoms with van der Waals surface area (Å²) in [5, 5.41) is 5.14. The molecule has 7 nitrogen and oxygen atoms in total. The van der Waals surface area contributed by atoms with Crippen LogP contribution >= 0.6 is 0 Å². The molecule has 1 aromatic heterocycles. The average Bonchev–Trinajstić information content (AvgIpc) is 2.72. The van der Waals surface area contributed by atoms with Gasteiger partial charge in [-0.2, -0.15) is 4.31 Å². The van der Waals surface area contributed by atoms with Crippen LogP contribution in [0.3, 0.4) is 0 Å². The van der Waals surface area contributed by atoms with Crippen LogP contribution in [0, 0.1) is 6.92 Å². The molecule has 3 aromatic carbocycles. The summed E-state index contributed by atoms with van der Waals surface area (Å²) in [4.78, 5) is 24.2. The largest absolute Gasteiger partial charge is 0.423 e. The topological polar surface area (TPSA) is 96.7 Å². The molecule has 0 aliphatic heterocycles. The van der Waals surface area contributed by atoms with Crippen LogP contribution in [0.15, 0.2) is 80.8 Å². The molecule has 4 rings (SSSR count). The van der Waals surface area contributed by atoms with Crippen molar-refractivity contribution in [2.75, 3.05) is 18.9 Å². The minimum absolute atomic E-state index is 0.115. The fourth-order valence-corrected chi connectivity index (χ4v) is 4.56. The molecule has 1 N–H and O–H groups in total. The number of carbonyl (C=O) groups is 1. The van der Waals surface area contributed by atoms with E-state index in [1.807, 2.05) is 24.3 Å². The summed E-state index contributed by atoms with van der Waals surface area (Å²) < 4.78 is 32.0. The fourth-order valence-electron chi connectivity index (χ4n) is 3.40. The van der Waals surface area contributed by atoms with E-state index in [1.165, 1.54) is 19.2 Å². The molecule has 0 atom stereocenters. The van der Waals surface area contributed by atoms with Gasteiger partial charge in [-0.05, 0) is 47.5 Å². The van der Waals surface area contributed by atoms with E-state index in [9.17, 15) is 18.0 Å². The number of aryl methyl sites for hydroxylation is 1. The van der Waals surface area contributed by atoms with E-state index in [2.05, 4.69) is 5.32 Å². The number of anilines is 1. The molecular formula is C23H20N2O5S. The van der Waals surface area contributed by atoms with Crippen LogP contribution in [-0.4, -0.2) is 32.2 Å². The van der Waals surface area contributed by atoms with Crippen LogP contribution in [0.4, 0.5) is 5.69 Å². The molecule has 0 spiro atoms. The van der Waals surface area contributed by atoms with E-state index in [-0.39, 0.29) is 11.4 Å². The number of fused-ring (bicyclic) bond motifs is 2. The second-order valence-electron chi connectivity index (χ2n) is 7.28. The Kier molecular flexibility index (Phi) is 5.34. The number of carbonyl (C=O) groups excluding carboxylic acids is 1. The molecule has 0 saturated heterocycles. The zero-order valence-corrected chi connectivity index (χ0v) is 17.8. The summed E-state index contributed by atoms with van der Waals surface area (Å²) in [6.45, 7) is 1.43. The van der Waals surface area contributed by atoms with Crippen molar-refractivity contribution in [3.8, 4) is 0 Å². The molecule has 1 amide bonds. The Bertz CT molecular complexity index is 1470. The highest BCUT2D eigenvalue weighted by Crippen LogP contribution is 2.22. The lowest BCUT2D eigenvalue weighted by Crippen LogP contribution is -2.34. The van der Waals surface area contributed by atoms with E-state index >= 15 is 0 Å². The minimum Gasteiger partial charge on any atom is -0.423 e. The van der Waals surface area contributed by atoms with Gasteiger partial charge in [-0.1, -0.05) is 30.3 Å². The third-order valence-corrected chi connectivity index (χ3v) is 6.83. The van der Waals surface area contributed by atoms with Crippen molar-refractivity contribution in [1.82, 2.24) is 4.31 Å². The molecular weight excluding hydrogens is 416 g/mol. The minimum atomic E-state index is -3.85. The first kappa shape index (κ1) is 20.8. The highest BCUT2D eigenvalue weighted by Gasteiger charge is 2.23. The Hall–Kier alpha value is -3.49. The third-order valence-electron chi connectivity index (χ3n) is 5.03. The van der Waals surface area contributed by atoms with E-state index in [1.54, 1.807) is 37.3 Å². The lowest BCUT2D eigenvalue weighted by molar-refractivity contribution is -0.116. The Labute approximate surface area is 179 Å². The predicted molar refractivity (Wildman–Crippen MR) is 120 cm³/mol. The summed E-state index contributed by atoms with van der Waals surface area (Å²) >= 11 is 0. The summed E-state index contributed by atoms with van der Waals surface area (Å²) in [5.41, 5.74) is 1.04. The van der Waals surface area contributed by atoms with Gasteiger partial charge in [0.25, 0.3) is 0 Å². The molecule has 0 unspecified atom stereocenters. The van der Waals surface area contributed by atoms with E-state index in [0.717, 1.165) is 26.0 Å². The quantitative estimate of drug-likeness (QED) is 0.483. The predicted octanol–water partition coefficient (Wildman–Crippen LogP) is 3.51. The van der Waals surface area contributed by atoms with Crippen molar-refractivity contribution in [2.24, 2.45) is 0 Å². The number of likely N-dealkylation sites (N-methyl/N-ethyl adjacent to an activating group) is 1. The lowest BCUT2D eigenvalue weighted by atomic mass is 10.1. The number of sulfonamides is 1. The summed E-state index contributed by atoms with van der Waals surface area (Å²) in [5.74, 6) is -0.513. The zero-order chi connectivity index (χ0) is 22.2. The molecule has 0 saturated carbocycles. The van der Waals surface area contributed by atoms with Crippen LogP contribution in [0.1, 0.15) is 5.56 Å². The molecule has 8 heteroatoms. The summed E-state index contributed by atoms with van der Waals surface area (Å²) in [6, 6.07) is 18.6. The maximum atomic E-state index is 12.9. The molecule has 158 valence electrons. The molecule has 1 heterocycles. The number of benzene rings is 3. The first-order valence-electron chi connectivity index (χ1n) is 9.53. The van der Waals surface area contributed by atoms with Gasteiger partial charge in [0.05, 0.1) is 11.4 Å². The van der Waals surface area contributed by atoms with Crippen molar-refractivity contribution in [3.05, 3.63) is 82.7 Å². The molecule has 0 fully saturated rings. The van der Waals surface area contributed by atoms with Gasteiger partial charge in [0.15, 0.2) is 0 Å². The average molecular weight is 436 g/mol. The van der Waals surface area contributed by atoms with Gasteiger partial charge in [-0.3, -0.25) is 4.79 Å². The maximum Gasteiger partial charge on any atom is 0.336 e. The van der Waals surface area contributed by atoms with Gasteiger partial charge in [0, 0.05) is 30.3 Å². The lowest BCUT2D eigenvalue weighted by Gasteiger charge is -2.17. The van der Waals surface area contributed by atoms with Crippen molar-refractivity contribution in [3.63, 3.8) is 0 Å². The molecule has 4 aromatic rings. The number of nitrogens with zero attached hydrogens (tertiary/aromatic N) is 1. The normalized spacial score (nSPS) is 11.8. The number of amides is 1. The molecule has 0 radical (unpaired) electrons. The Morgan fingerprint density at radius 1 is 1.00 bits per heavy atom. The molecule has 31 heavy (non-hydrogen) atoms. The first-order valence-corrected chi connectivity index (χ1v) is 11.0. The highest BCUT2D eigenvalue weighted by atomic mass is 32.2. The van der Waals surface area contributed by atoms with Crippen LogP contribution in [0.25, 0.3) is 21.7 Å². The number of hydrogen-bond acceptors (Lipinski definition) is 5. The van der Waals surface area contributed by atoms with Gasteiger partial charge in [0.1, 0.15) is 5.58 Å². The van der Waals surface area contributed by atoms with Crippen molar-refractivity contribution >= 4 is 43.4 Å². The zero-order valence-electron chi connectivity index (χ0n) is 17.0. The van der Waals surface area contributed by atoms with Gasteiger partial charge >= 0.3 is 5.63 Å². The van der Waals surface area contributed by atoms with Gasteiger partial charge in [-0.15, -0.1) is 0 Å². The summed E-state index contributed by atoms with van der Waals surface area (Å²) in [6.07, 6.45) is 0. The van der Waals surface area contributed by atoms with Crippen molar-refractivity contribution < 1.29 is 17.6 Å². The smallest absolute Gasteiger partial charge is 0.336 e. The second kappa shape index (κ2) is 7.98. The number of hydrogen-bond donors (Lipinski definition) is 1. The van der Waals surface area contributed by atoms with Gasteiger partial charge < -0.3 is 9.73 Å². The standard InChI is InChI=1S/C23H20N2O5S/c1-15-11-23(27)30-21-13-18(8-10-20(15)21)24-22(26)14-25(2)31(28,29)19-9-7-16-5-3-4-6-17(16)12-19/h3-13H,14H2,1-2H3,(H,24,26). The molecule has 0 aliphatic rings. The fraction of sp³-hybridized carbons (Fsp3) is 0.130. The van der Waals surface area contributed by atoms with E-state index in [4.69, 9.17) is 4.42 Å².